The van der Waals surface area contributed by atoms with Crippen molar-refractivity contribution >= 4 is 23.2 Å². The summed E-state index contributed by atoms with van der Waals surface area (Å²) in [6.07, 6.45) is 10.5. The summed E-state index contributed by atoms with van der Waals surface area (Å²) in [5, 5.41) is 1.21. The van der Waals surface area contributed by atoms with Crippen LogP contribution in [0.3, 0.4) is 0 Å². The van der Waals surface area contributed by atoms with Gasteiger partial charge in [0, 0.05) is 5.92 Å². The van der Waals surface area contributed by atoms with Crippen molar-refractivity contribution in [2.24, 2.45) is 5.41 Å². The average Bonchev–Trinajstić information content (AvgIpc) is 2.79. The zero-order chi connectivity index (χ0) is 15.0. The molecule has 2 aliphatic carbocycles. The number of benzene rings is 1. The van der Waals surface area contributed by atoms with Gasteiger partial charge in [-0.1, -0.05) is 48.7 Å². The van der Waals surface area contributed by atoms with Crippen LogP contribution in [-0.4, -0.2) is 6.61 Å². The van der Waals surface area contributed by atoms with Gasteiger partial charge in [-0.15, -0.1) is 0 Å². The second-order valence-electron chi connectivity index (χ2n) is 6.16. The molecular formula is C18H21Cl2O. The lowest BCUT2D eigenvalue weighted by molar-refractivity contribution is 0.219. The molecule has 1 radical (unpaired) electrons. The Kier molecular flexibility index (Phi) is 4.25. The lowest BCUT2D eigenvalue weighted by Gasteiger charge is -2.37. The molecule has 21 heavy (non-hydrogen) atoms. The topological polar surface area (TPSA) is 9.23 Å². The first-order valence-electron chi connectivity index (χ1n) is 7.72. The minimum atomic E-state index is 0.321. The fourth-order valence-electron chi connectivity index (χ4n) is 4.17. The van der Waals surface area contributed by atoms with E-state index in [0.717, 1.165) is 12.8 Å². The number of hydrogen-bond donors (Lipinski definition) is 0. The van der Waals surface area contributed by atoms with Crippen LogP contribution in [0, 0.1) is 12.3 Å². The summed E-state index contributed by atoms with van der Waals surface area (Å²) in [4.78, 5) is 0. The second-order valence-corrected chi connectivity index (χ2v) is 6.91. The van der Waals surface area contributed by atoms with E-state index in [-0.39, 0.29) is 0 Å². The summed E-state index contributed by atoms with van der Waals surface area (Å²) in [6, 6.07) is 2.08. The zero-order valence-corrected chi connectivity index (χ0v) is 13.9. The molecule has 0 saturated heterocycles. The van der Waals surface area contributed by atoms with Crippen molar-refractivity contribution in [2.45, 2.75) is 44.9 Å². The van der Waals surface area contributed by atoms with Crippen LogP contribution in [0.1, 0.15) is 49.7 Å². The van der Waals surface area contributed by atoms with Crippen molar-refractivity contribution in [1.29, 1.82) is 0 Å². The van der Waals surface area contributed by atoms with E-state index in [1.807, 2.05) is 0 Å². The number of hydrogen-bond acceptors (Lipinski definition) is 1. The molecule has 0 heterocycles. The molecule has 0 aliphatic heterocycles. The largest absolute Gasteiger partial charge is 0.492 e. The van der Waals surface area contributed by atoms with Gasteiger partial charge in [0.05, 0.1) is 11.6 Å². The third-order valence-corrected chi connectivity index (χ3v) is 5.82. The average molecular weight is 324 g/mol. The van der Waals surface area contributed by atoms with E-state index in [9.17, 15) is 0 Å². The normalized spacial score (nSPS) is 26.6. The number of halogens is 2. The Morgan fingerprint density at radius 1 is 1.38 bits per heavy atom. The fraction of sp³-hybridized carbons (Fsp3) is 0.500. The monoisotopic (exact) mass is 323 g/mol. The molecule has 113 valence electrons. The highest BCUT2D eigenvalue weighted by Gasteiger charge is 2.46. The van der Waals surface area contributed by atoms with Gasteiger partial charge >= 0.3 is 0 Å². The van der Waals surface area contributed by atoms with Crippen molar-refractivity contribution in [2.75, 3.05) is 6.61 Å². The van der Waals surface area contributed by atoms with E-state index >= 15 is 0 Å². The van der Waals surface area contributed by atoms with Crippen LogP contribution in [0.25, 0.3) is 0 Å². The van der Waals surface area contributed by atoms with Crippen molar-refractivity contribution in [1.82, 2.24) is 0 Å². The Hall–Kier alpha value is -0.660. The summed E-state index contributed by atoms with van der Waals surface area (Å²) in [7, 11) is 0. The van der Waals surface area contributed by atoms with E-state index in [2.05, 4.69) is 32.1 Å². The van der Waals surface area contributed by atoms with Crippen LogP contribution in [0.5, 0.6) is 5.75 Å². The van der Waals surface area contributed by atoms with Gasteiger partial charge in [0.2, 0.25) is 0 Å². The standard InChI is InChI=1S/C18H21Cl2O/c1-3-8-18-9-6-5-7-13(18)15-12(11-18)10-14(21-4-2)16(19)17(15)20/h5,7,10,13H,2-4,6,8-9,11H2,1H3/t13?,18-/m1/s1. The molecular weight excluding hydrogens is 303 g/mol. The summed E-state index contributed by atoms with van der Waals surface area (Å²) >= 11 is 13.0. The molecule has 2 atom stereocenters. The molecule has 1 aromatic carbocycles. The lowest BCUT2D eigenvalue weighted by Crippen LogP contribution is -2.27. The Labute approximate surface area is 137 Å². The summed E-state index contributed by atoms with van der Waals surface area (Å²) in [5.41, 5.74) is 2.85. The fourth-order valence-corrected chi connectivity index (χ4v) is 4.72. The molecule has 0 N–H and O–H groups in total. The Morgan fingerprint density at radius 3 is 2.90 bits per heavy atom. The van der Waals surface area contributed by atoms with Crippen LogP contribution in [0.15, 0.2) is 18.2 Å². The lowest BCUT2D eigenvalue weighted by atomic mass is 9.67. The SMILES string of the molecule is [CH2]COc1cc2c(c(Cl)c1Cl)C1C=CCC[C@]1(CCC)C2. The van der Waals surface area contributed by atoms with Crippen molar-refractivity contribution in [3.8, 4) is 5.75 Å². The van der Waals surface area contributed by atoms with Gasteiger partial charge in [-0.2, -0.15) is 0 Å². The van der Waals surface area contributed by atoms with E-state index in [1.54, 1.807) is 0 Å². The minimum absolute atomic E-state index is 0.321. The predicted molar refractivity (Wildman–Crippen MR) is 89.5 cm³/mol. The molecule has 3 heteroatoms. The van der Waals surface area contributed by atoms with Gasteiger partial charge in [0.25, 0.3) is 0 Å². The van der Waals surface area contributed by atoms with Crippen LogP contribution in [0.2, 0.25) is 10.0 Å². The van der Waals surface area contributed by atoms with Gasteiger partial charge in [-0.25, -0.2) is 0 Å². The predicted octanol–water partition coefficient (Wildman–Crippen LogP) is 5.98. The van der Waals surface area contributed by atoms with Crippen LogP contribution < -0.4 is 4.74 Å². The number of allylic oxidation sites excluding steroid dienone is 2. The zero-order valence-electron chi connectivity index (χ0n) is 12.4. The number of rotatable bonds is 4. The molecule has 3 rings (SSSR count). The van der Waals surface area contributed by atoms with Crippen molar-refractivity contribution in [3.05, 3.63) is 46.3 Å². The second kappa shape index (κ2) is 5.85. The van der Waals surface area contributed by atoms with Gasteiger partial charge < -0.3 is 4.74 Å². The molecule has 1 aromatic rings. The molecule has 0 amide bonds. The molecule has 0 spiro atoms. The smallest absolute Gasteiger partial charge is 0.139 e. The molecule has 0 fully saturated rings. The van der Waals surface area contributed by atoms with Crippen LogP contribution >= 0.6 is 23.2 Å². The maximum Gasteiger partial charge on any atom is 0.139 e. The molecule has 1 nitrogen and oxygen atoms in total. The Bertz CT molecular complexity index is 579. The van der Waals surface area contributed by atoms with E-state index in [1.165, 1.54) is 30.4 Å². The summed E-state index contributed by atoms with van der Waals surface area (Å²) < 4.78 is 5.54. The van der Waals surface area contributed by atoms with Crippen LogP contribution in [-0.2, 0) is 6.42 Å². The third-order valence-electron chi connectivity index (χ3n) is 4.95. The Balaban J connectivity index is 2.11. The first-order valence-corrected chi connectivity index (χ1v) is 8.48. The highest BCUT2D eigenvalue weighted by molar-refractivity contribution is 6.43. The van der Waals surface area contributed by atoms with Gasteiger partial charge in [-0.05, 0) is 55.2 Å². The van der Waals surface area contributed by atoms with Crippen molar-refractivity contribution in [3.63, 3.8) is 0 Å². The molecule has 0 saturated carbocycles. The maximum atomic E-state index is 6.60. The molecule has 0 bridgehead atoms. The summed E-state index contributed by atoms with van der Waals surface area (Å²) in [6.45, 7) is 6.35. The number of fused-ring (bicyclic) bond motifs is 3. The van der Waals surface area contributed by atoms with E-state index < -0.39 is 0 Å². The number of ether oxygens (including phenoxy) is 1. The first-order chi connectivity index (χ1) is 10.1. The molecule has 0 aromatic heterocycles. The van der Waals surface area contributed by atoms with Crippen molar-refractivity contribution < 1.29 is 4.74 Å². The quantitative estimate of drug-likeness (QED) is 0.619. The molecule has 1 unspecified atom stereocenters. The van der Waals surface area contributed by atoms with Crippen LogP contribution in [0.4, 0.5) is 0 Å². The maximum absolute atomic E-state index is 6.60. The van der Waals surface area contributed by atoms with E-state index in [0.29, 0.717) is 33.7 Å². The Morgan fingerprint density at radius 2 is 2.19 bits per heavy atom. The van der Waals surface area contributed by atoms with Gasteiger partial charge in [0.1, 0.15) is 10.8 Å². The highest BCUT2D eigenvalue weighted by Crippen LogP contribution is 2.59. The molecule has 2 aliphatic rings. The third kappa shape index (κ3) is 2.39. The van der Waals surface area contributed by atoms with E-state index in [4.69, 9.17) is 27.9 Å². The van der Waals surface area contributed by atoms with Gasteiger partial charge in [-0.3, -0.25) is 0 Å². The summed E-state index contributed by atoms with van der Waals surface area (Å²) in [5.74, 6) is 1.07. The van der Waals surface area contributed by atoms with Gasteiger partial charge in [0.15, 0.2) is 0 Å². The highest BCUT2D eigenvalue weighted by atomic mass is 35.5. The minimum Gasteiger partial charge on any atom is -0.492 e. The first kappa shape index (κ1) is 15.2.